The first-order valence-electron chi connectivity index (χ1n) is 11.2. The van der Waals surface area contributed by atoms with E-state index in [1.807, 2.05) is 0 Å². The molecule has 6 rings (SSSR count). The number of rotatable bonds is 2. The topological polar surface area (TPSA) is 73.2 Å². The normalized spacial score (nSPS) is 66.2. The van der Waals surface area contributed by atoms with Crippen molar-refractivity contribution in [3.8, 4) is 0 Å². The third-order valence-corrected chi connectivity index (χ3v) is 10.7. The molecule has 5 nitrogen and oxygen atoms in total. The second-order valence-corrected chi connectivity index (χ2v) is 11.1. The van der Waals surface area contributed by atoms with Crippen LogP contribution in [0, 0.1) is 40.4 Å². The fourth-order valence-electron chi connectivity index (χ4n) is 10.1. The van der Waals surface area contributed by atoms with Gasteiger partial charge in [0.05, 0.1) is 23.9 Å². The summed E-state index contributed by atoms with van der Waals surface area (Å²) in [6.45, 7) is 6.74. The molecule has 1 spiro atoms. The van der Waals surface area contributed by atoms with Gasteiger partial charge < -0.3 is 20.1 Å². The van der Waals surface area contributed by atoms with E-state index in [2.05, 4.69) is 18.7 Å². The third-order valence-electron chi connectivity index (χ3n) is 10.7. The number of likely N-dealkylation sites (tertiary alicyclic amines) is 1. The van der Waals surface area contributed by atoms with Crippen LogP contribution in [0.25, 0.3) is 0 Å². The quantitative estimate of drug-likeness (QED) is 0.676. The van der Waals surface area contributed by atoms with Gasteiger partial charge in [0.2, 0.25) is 0 Å². The summed E-state index contributed by atoms with van der Waals surface area (Å²) >= 11 is 0. The van der Waals surface area contributed by atoms with Crippen molar-refractivity contribution in [1.82, 2.24) is 4.90 Å². The first kappa shape index (κ1) is 17.6. The second kappa shape index (κ2) is 5.10. The minimum Gasteiger partial charge on any atom is -0.392 e. The molecule has 0 aromatic rings. The van der Waals surface area contributed by atoms with Crippen molar-refractivity contribution in [2.75, 3.05) is 20.2 Å². The standard InChI is InChI=1S/C22H35NO4/c1-4-23-10-20(2)6-5-16(24)22-12-7-11-14(27-3)9-21(26,17(12)18(11)25)13(19(22)23)8-15(20)22/h11-19,24-26H,4-10H2,1-3H3/t11-,12-,13+,14-,15-,16+,17-,18+,19?,20+,21+,22-/m0/s1. The van der Waals surface area contributed by atoms with Crippen LogP contribution in [0.15, 0.2) is 0 Å². The maximum absolute atomic E-state index is 12.1. The number of hydrogen-bond acceptors (Lipinski definition) is 5. The summed E-state index contributed by atoms with van der Waals surface area (Å²) in [6.07, 6.45) is 3.66. The van der Waals surface area contributed by atoms with Crippen molar-refractivity contribution in [1.29, 1.82) is 0 Å². The van der Waals surface area contributed by atoms with Crippen LogP contribution >= 0.6 is 0 Å². The van der Waals surface area contributed by atoms with E-state index in [4.69, 9.17) is 4.74 Å². The number of methoxy groups -OCH3 is 1. The Balaban J connectivity index is 1.59. The van der Waals surface area contributed by atoms with Crippen LogP contribution in [0.2, 0.25) is 0 Å². The molecule has 5 heteroatoms. The molecule has 1 unspecified atom stereocenters. The Morgan fingerprint density at radius 1 is 1.19 bits per heavy atom. The zero-order valence-electron chi connectivity index (χ0n) is 16.8. The van der Waals surface area contributed by atoms with E-state index < -0.39 is 11.7 Å². The lowest BCUT2D eigenvalue weighted by atomic mass is 9.43. The largest absolute Gasteiger partial charge is 0.392 e. The van der Waals surface area contributed by atoms with Crippen molar-refractivity contribution < 1.29 is 20.1 Å². The molecular weight excluding hydrogens is 342 g/mol. The third kappa shape index (κ3) is 1.66. The number of ether oxygens (including phenoxy) is 1. The van der Waals surface area contributed by atoms with Gasteiger partial charge >= 0.3 is 0 Å². The van der Waals surface area contributed by atoms with Gasteiger partial charge in [0, 0.05) is 49.3 Å². The lowest BCUT2D eigenvalue weighted by molar-refractivity contribution is -0.266. The predicted molar refractivity (Wildman–Crippen MR) is 99.9 cm³/mol. The van der Waals surface area contributed by atoms with Crippen LogP contribution in [0.1, 0.15) is 46.0 Å². The molecule has 0 amide bonds. The van der Waals surface area contributed by atoms with Gasteiger partial charge in [-0.05, 0) is 49.5 Å². The van der Waals surface area contributed by atoms with Crippen molar-refractivity contribution in [2.45, 2.75) is 75.9 Å². The Morgan fingerprint density at radius 2 is 1.96 bits per heavy atom. The summed E-state index contributed by atoms with van der Waals surface area (Å²) in [5.74, 6) is 0.840. The molecule has 1 saturated heterocycles. The fourth-order valence-corrected chi connectivity index (χ4v) is 10.1. The highest BCUT2D eigenvalue weighted by molar-refractivity contribution is 5.32. The summed E-state index contributed by atoms with van der Waals surface area (Å²) < 4.78 is 5.79. The molecule has 27 heavy (non-hydrogen) atoms. The van der Waals surface area contributed by atoms with Gasteiger partial charge in [-0.15, -0.1) is 0 Å². The Morgan fingerprint density at radius 3 is 2.67 bits per heavy atom. The number of fused-ring (bicyclic) bond motifs is 2. The van der Waals surface area contributed by atoms with Crippen molar-refractivity contribution >= 4 is 0 Å². The zero-order valence-corrected chi connectivity index (χ0v) is 16.8. The molecule has 6 aliphatic rings. The van der Waals surface area contributed by atoms with Gasteiger partial charge in [0.25, 0.3) is 0 Å². The maximum Gasteiger partial charge on any atom is 0.0771 e. The van der Waals surface area contributed by atoms with Crippen LogP contribution in [0.5, 0.6) is 0 Å². The van der Waals surface area contributed by atoms with Gasteiger partial charge in [-0.3, -0.25) is 4.90 Å². The monoisotopic (exact) mass is 377 g/mol. The molecule has 12 atom stereocenters. The van der Waals surface area contributed by atoms with E-state index in [0.29, 0.717) is 12.3 Å². The van der Waals surface area contributed by atoms with Crippen molar-refractivity contribution in [3.63, 3.8) is 0 Å². The summed E-state index contributed by atoms with van der Waals surface area (Å²) in [7, 11) is 1.73. The molecule has 7 bridgehead atoms. The predicted octanol–water partition coefficient (Wildman–Crippen LogP) is 1.25. The number of aliphatic hydroxyl groups is 3. The molecule has 5 saturated carbocycles. The van der Waals surface area contributed by atoms with Crippen LogP contribution in [0.4, 0.5) is 0 Å². The number of nitrogens with zero attached hydrogens (tertiary/aromatic N) is 1. The first-order valence-corrected chi connectivity index (χ1v) is 11.2. The molecule has 3 N–H and O–H groups in total. The smallest absolute Gasteiger partial charge is 0.0771 e. The fraction of sp³-hybridized carbons (Fsp3) is 1.00. The van der Waals surface area contributed by atoms with Gasteiger partial charge in [-0.2, -0.15) is 0 Å². The minimum absolute atomic E-state index is 0.0657. The molecular formula is C22H35NO4. The van der Waals surface area contributed by atoms with E-state index in [0.717, 1.165) is 38.8 Å². The van der Waals surface area contributed by atoms with Gasteiger partial charge in [0.15, 0.2) is 0 Å². The van der Waals surface area contributed by atoms with E-state index in [9.17, 15) is 15.3 Å². The highest BCUT2D eigenvalue weighted by Crippen LogP contribution is 2.78. The molecule has 152 valence electrons. The lowest BCUT2D eigenvalue weighted by Gasteiger charge is -2.68. The number of aliphatic hydroxyl groups excluding tert-OH is 2. The molecule has 1 aliphatic heterocycles. The van der Waals surface area contributed by atoms with Crippen molar-refractivity contribution in [2.24, 2.45) is 40.4 Å². The van der Waals surface area contributed by atoms with Crippen LogP contribution in [-0.2, 0) is 4.74 Å². The van der Waals surface area contributed by atoms with Gasteiger partial charge in [-0.1, -0.05) is 13.8 Å². The van der Waals surface area contributed by atoms with Crippen LogP contribution < -0.4 is 0 Å². The van der Waals surface area contributed by atoms with E-state index in [1.54, 1.807) is 7.11 Å². The van der Waals surface area contributed by atoms with E-state index in [1.165, 1.54) is 0 Å². The Hall–Kier alpha value is -0.200. The Labute approximate surface area is 162 Å². The SMILES string of the molecule is CCN1C[C@@]2(C)CC[C@@H](O)[C@@]34C1[C@@H](C[C@@H]23)[C@]1(O)C[C@H](OC)[C@@H]2C[C@H]4[C@H]1[C@@H]2O. The second-order valence-electron chi connectivity index (χ2n) is 11.1. The average Bonchev–Trinajstić information content (AvgIpc) is 3.07. The average molecular weight is 378 g/mol. The molecule has 0 aromatic carbocycles. The number of hydrogen-bond donors (Lipinski definition) is 3. The highest BCUT2D eigenvalue weighted by atomic mass is 16.5. The van der Waals surface area contributed by atoms with Gasteiger partial charge in [0.1, 0.15) is 0 Å². The van der Waals surface area contributed by atoms with E-state index >= 15 is 0 Å². The Kier molecular flexibility index (Phi) is 3.33. The Bertz CT molecular complexity index is 673. The summed E-state index contributed by atoms with van der Waals surface area (Å²) in [5.41, 5.74) is -0.788. The van der Waals surface area contributed by atoms with Gasteiger partial charge in [-0.25, -0.2) is 0 Å². The summed E-state index contributed by atoms with van der Waals surface area (Å²) in [4.78, 5) is 2.60. The highest BCUT2D eigenvalue weighted by Gasteiger charge is 2.82. The molecule has 5 aliphatic carbocycles. The van der Waals surface area contributed by atoms with E-state index in [-0.39, 0.29) is 52.8 Å². The zero-order chi connectivity index (χ0) is 18.9. The van der Waals surface area contributed by atoms with Crippen molar-refractivity contribution in [3.05, 3.63) is 0 Å². The molecule has 0 aromatic heterocycles. The molecule has 6 fully saturated rings. The summed E-state index contributed by atoms with van der Waals surface area (Å²) in [6, 6.07) is 0.253. The summed E-state index contributed by atoms with van der Waals surface area (Å²) in [5, 5.41) is 34.9. The maximum atomic E-state index is 12.1. The van der Waals surface area contributed by atoms with Crippen LogP contribution in [0.3, 0.4) is 0 Å². The lowest BCUT2D eigenvalue weighted by Crippen LogP contribution is -2.75. The first-order chi connectivity index (χ1) is 12.8. The van der Waals surface area contributed by atoms with Crippen LogP contribution in [-0.4, -0.2) is 70.4 Å². The minimum atomic E-state index is -0.858. The number of piperidine rings is 1. The molecule has 0 radical (unpaired) electrons. The molecule has 1 heterocycles.